The van der Waals surface area contributed by atoms with Crippen LogP contribution in [-0.4, -0.2) is 5.78 Å². The lowest BCUT2D eigenvalue weighted by Gasteiger charge is -2.16. The predicted molar refractivity (Wildman–Crippen MR) is 69.1 cm³/mol. The minimum atomic E-state index is -4.46. The Kier molecular flexibility index (Phi) is 3.27. The Morgan fingerprint density at radius 2 is 1.90 bits per heavy atom. The van der Waals surface area contributed by atoms with Crippen molar-refractivity contribution in [2.75, 3.05) is 0 Å². The fourth-order valence-electron chi connectivity index (χ4n) is 3.38. The SMILES string of the molecule is N#CC(C(=O)C1CC2CC2C1)c1cccc(C(F)(F)F)c1. The molecule has 2 aliphatic carbocycles. The maximum absolute atomic E-state index is 12.7. The maximum Gasteiger partial charge on any atom is 0.416 e. The van der Waals surface area contributed by atoms with E-state index in [1.807, 2.05) is 6.07 Å². The molecule has 2 saturated carbocycles. The van der Waals surface area contributed by atoms with E-state index in [-0.39, 0.29) is 17.3 Å². The summed E-state index contributed by atoms with van der Waals surface area (Å²) in [6.07, 6.45) is -1.72. The number of carbonyl (C=O) groups excluding carboxylic acids is 1. The summed E-state index contributed by atoms with van der Waals surface area (Å²) in [5.74, 6) is -0.272. The van der Waals surface area contributed by atoms with Crippen molar-refractivity contribution in [3.8, 4) is 6.07 Å². The highest BCUT2D eigenvalue weighted by atomic mass is 19.4. The number of ketones is 1. The fraction of sp³-hybridized carbons (Fsp3) is 0.500. The van der Waals surface area contributed by atoms with Crippen LogP contribution in [0.5, 0.6) is 0 Å². The van der Waals surface area contributed by atoms with Crippen LogP contribution in [0.3, 0.4) is 0 Å². The molecular weight excluding hydrogens is 279 g/mol. The van der Waals surface area contributed by atoms with Crippen molar-refractivity contribution in [1.82, 2.24) is 0 Å². The summed E-state index contributed by atoms with van der Waals surface area (Å²) in [5, 5.41) is 9.23. The number of carbonyl (C=O) groups is 1. The smallest absolute Gasteiger partial charge is 0.298 e. The van der Waals surface area contributed by atoms with Crippen molar-refractivity contribution in [1.29, 1.82) is 5.26 Å². The second-order valence-corrected chi connectivity index (χ2v) is 6.01. The van der Waals surface area contributed by atoms with Crippen molar-refractivity contribution < 1.29 is 18.0 Å². The Labute approximate surface area is 120 Å². The first-order valence-corrected chi connectivity index (χ1v) is 7.00. The molecule has 2 fully saturated rings. The Hall–Kier alpha value is -1.83. The van der Waals surface area contributed by atoms with Gasteiger partial charge in [0.15, 0.2) is 5.78 Å². The second-order valence-electron chi connectivity index (χ2n) is 6.01. The Balaban J connectivity index is 1.83. The second kappa shape index (κ2) is 4.87. The predicted octanol–water partition coefficient (Wildman–Crippen LogP) is 3.93. The van der Waals surface area contributed by atoms with E-state index in [9.17, 15) is 23.2 Å². The standard InChI is InChI=1S/C16H14F3NO/c17-16(18,19)13-3-1-2-9(7-13)14(8-20)15(21)12-5-10-4-11(10)6-12/h1-3,7,10-12,14H,4-6H2. The number of nitrogens with zero attached hydrogens (tertiary/aromatic N) is 1. The average molecular weight is 293 g/mol. The van der Waals surface area contributed by atoms with E-state index >= 15 is 0 Å². The van der Waals surface area contributed by atoms with Crippen LogP contribution in [0, 0.1) is 29.1 Å². The minimum Gasteiger partial charge on any atom is -0.298 e. The van der Waals surface area contributed by atoms with Gasteiger partial charge in [0, 0.05) is 5.92 Å². The third-order valence-corrected chi connectivity index (χ3v) is 4.61. The first-order valence-electron chi connectivity index (χ1n) is 7.00. The van der Waals surface area contributed by atoms with Gasteiger partial charge in [-0.25, -0.2) is 0 Å². The van der Waals surface area contributed by atoms with Crippen molar-refractivity contribution in [2.24, 2.45) is 17.8 Å². The molecule has 21 heavy (non-hydrogen) atoms. The highest BCUT2D eigenvalue weighted by Gasteiger charge is 2.49. The van der Waals surface area contributed by atoms with Crippen LogP contribution in [0.1, 0.15) is 36.3 Å². The summed E-state index contributed by atoms with van der Waals surface area (Å²) in [7, 11) is 0. The van der Waals surface area contributed by atoms with E-state index in [2.05, 4.69) is 0 Å². The van der Waals surface area contributed by atoms with E-state index in [0.717, 1.165) is 31.4 Å². The molecule has 2 nitrogen and oxygen atoms in total. The van der Waals surface area contributed by atoms with Gasteiger partial charge in [-0.3, -0.25) is 4.79 Å². The topological polar surface area (TPSA) is 40.9 Å². The van der Waals surface area contributed by atoms with Gasteiger partial charge in [0.2, 0.25) is 0 Å². The van der Waals surface area contributed by atoms with Gasteiger partial charge in [-0.05, 0) is 42.7 Å². The van der Waals surface area contributed by atoms with Gasteiger partial charge < -0.3 is 0 Å². The molecule has 1 aromatic rings. The largest absolute Gasteiger partial charge is 0.416 e. The number of alkyl halides is 3. The normalized spacial score (nSPS) is 28.6. The highest BCUT2D eigenvalue weighted by Crippen LogP contribution is 2.55. The maximum atomic E-state index is 12.7. The number of rotatable bonds is 3. The summed E-state index contributed by atoms with van der Waals surface area (Å²) >= 11 is 0. The molecule has 2 aliphatic rings. The summed E-state index contributed by atoms with van der Waals surface area (Å²) in [4.78, 5) is 12.4. The summed E-state index contributed by atoms with van der Waals surface area (Å²) < 4.78 is 38.2. The van der Waals surface area contributed by atoms with Gasteiger partial charge >= 0.3 is 6.18 Å². The molecule has 0 heterocycles. The molecule has 3 atom stereocenters. The number of nitriles is 1. The third kappa shape index (κ3) is 2.67. The zero-order chi connectivity index (χ0) is 15.2. The van der Waals surface area contributed by atoms with Crippen LogP contribution in [0.15, 0.2) is 24.3 Å². The first-order chi connectivity index (χ1) is 9.90. The van der Waals surface area contributed by atoms with Crippen LogP contribution >= 0.6 is 0 Å². The van der Waals surface area contributed by atoms with Gasteiger partial charge in [0.05, 0.1) is 11.6 Å². The molecule has 1 aromatic carbocycles. The lowest BCUT2D eigenvalue weighted by molar-refractivity contribution is -0.137. The molecule has 0 aromatic heterocycles. The first kappa shape index (κ1) is 14.1. The van der Waals surface area contributed by atoms with E-state index in [4.69, 9.17) is 0 Å². The molecular formula is C16H14F3NO. The van der Waals surface area contributed by atoms with Crippen LogP contribution in [-0.2, 0) is 11.0 Å². The summed E-state index contributed by atoms with van der Waals surface area (Å²) in [6, 6.07) is 6.44. The zero-order valence-electron chi connectivity index (χ0n) is 11.2. The van der Waals surface area contributed by atoms with Crippen molar-refractivity contribution >= 4 is 5.78 Å². The van der Waals surface area contributed by atoms with Gasteiger partial charge in [0.25, 0.3) is 0 Å². The lowest BCUT2D eigenvalue weighted by Crippen LogP contribution is -2.20. The molecule has 5 heteroatoms. The number of halogens is 3. The van der Waals surface area contributed by atoms with Gasteiger partial charge in [-0.2, -0.15) is 18.4 Å². The Morgan fingerprint density at radius 3 is 2.48 bits per heavy atom. The van der Waals surface area contributed by atoms with E-state index in [1.54, 1.807) is 0 Å². The van der Waals surface area contributed by atoms with Crippen molar-refractivity contribution in [2.45, 2.75) is 31.4 Å². The summed E-state index contributed by atoms with van der Waals surface area (Å²) in [5.41, 5.74) is -0.666. The van der Waals surface area contributed by atoms with E-state index in [0.29, 0.717) is 11.8 Å². The zero-order valence-corrected chi connectivity index (χ0v) is 11.2. The summed E-state index contributed by atoms with van der Waals surface area (Å²) in [6.45, 7) is 0. The number of hydrogen-bond acceptors (Lipinski definition) is 2. The van der Waals surface area contributed by atoms with Crippen LogP contribution in [0.2, 0.25) is 0 Å². The molecule has 0 saturated heterocycles. The number of Topliss-reactive ketones (excluding diaryl/α,β-unsaturated/α-hetero) is 1. The lowest BCUT2D eigenvalue weighted by atomic mass is 9.85. The van der Waals surface area contributed by atoms with Crippen LogP contribution in [0.25, 0.3) is 0 Å². The number of fused-ring (bicyclic) bond motifs is 1. The van der Waals surface area contributed by atoms with Gasteiger partial charge in [-0.15, -0.1) is 0 Å². The average Bonchev–Trinajstić information content (AvgIpc) is 3.05. The highest BCUT2D eigenvalue weighted by molar-refractivity contribution is 5.90. The van der Waals surface area contributed by atoms with Gasteiger partial charge in [0.1, 0.15) is 5.92 Å². The molecule has 0 aliphatic heterocycles. The Bertz CT molecular complexity index is 607. The molecule has 3 rings (SSSR count). The molecule has 110 valence electrons. The monoisotopic (exact) mass is 293 g/mol. The third-order valence-electron chi connectivity index (χ3n) is 4.61. The molecule has 0 spiro atoms. The van der Waals surface area contributed by atoms with Crippen molar-refractivity contribution in [3.05, 3.63) is 35.4 Å². The fourth-order valence-corrected chi connectivity index (χ4v) is 3.38. The molecule has 3 unspecified atom stereocenters. The Morgan fingerprint density at radius 1 is 1.24 bits per heavy atom. The molecule has 0 radical (unpaired) electrons. The number of hydrogen-bond donors (Lipinski definition) is 0. The molecule has 0 bridgehead atoms. The van der Waals surface area contributed by atoms with Gasteiger partial charge in [-0.1, -0.05) is 18.2 Å². The quantitative estimate of drug-likeness (QED) is 0.847. The molecule has 0 amide bonds. The van der Waals surface area contributed by atoms with Crippen molar-refractivity contribution in [3.63, 3.8) is 0 Å². The van der Waals surface area contributed by atoms with Crippen LogP contribution < -0.4 is 0 Å². The minimum absolute atomic E-state index is 0.151. The van der Waals surface area contributed by atoms with E-state index < -0.39 is 17.7 Å². The van der Waals surface area contributed by atoms with E-state index in [1.165, 1.54) is 12.1 Å². The number of benzene rings is 1. The van der Waals surface area contributed by atoms with Crippen LogP contribution in [0.4, 0.5) is 13.2 Å². The molecule has 0 N–H and O–H groups in total.